The molecule has 1 amide bonds. The summed E-state index contributed by atoms with van der Waals surface area (Å²) in [4.78, 5) is 25.4. The zero-order valence-corrected chi connectivity index (χ0v) is 10.3. The maximum Gasteiger partial charge on any atom is 0.223 e. The van der Waals surface area contributed by atoms with Crippen LogP contribution in [0.2, 0.25) is 0 Å². The zero-order chi connectivity index (χ0) is 12.4. The highest BCUT2D eigenvalue weighted by Gasteiger charge is 2.29. The Kier molecular flexibility index (Phi) is 3.31. The quantitative estimate of drug-likeness (QED) is 0.740. The molecule has 1 unspecified atom stereocenters. The van der Waals surface area contributed by atoms with Crippen molar-refractivity contribution >= 4 is 11.7 Å². The van der Waals surface area contributed by atoms with Gasteiger partial charge in [-0.2, -0.15) is 0 Å². The monoisotopic (exact) mass is 234 g/mol. The number of ketones is 1. The highest BCUT2D eigenvalue weighted by molar-refractivity contribution is 5.98. The van der Waals surface area contributed by atoms with E-state index in [0.29, 0.717) is 18.0 Å². The van der Waals surface area contributed by atoms with Gasteiger partial charge in [0.25, 0.3) is 0 Å². The number of hydrogen-bond acceptors (Lipinski definition) is 2. The number of aromatic nitrogens is 1. The molecule has 0 aliphatic carbocycles. The molecule has 0 saturated carbocycles. The van der Waals surface area contributed by atoms with Crippen molar-refractivity contribution in [2.75, 3.05) is 13.1 Å². The van der Waals surface area contributed by atoms with Crippen LogP contribution in [-0.2, 0) is 11.8 Å². The summed E-state index contributed by atoms with van der Waals surface area (Å²) in [7, 11) is 1.84. The van der Waals surface area contributed by atoms with Gasteiger partial charge in [-0.25, -0.2) is 0 Å². The highest BCUT2D eigenvalue weighted by atomic mass is 16.2. The van der Waals surface area contributed by atoms with Gasteiger partial charge in [0.2, 0.25) is 5.91 Å². The highest BCUT2D eigenvalue weighted by Crippen LogP contribution is 2.20. The molecule has 1 aliphatic rings. The van der Waals surface area contributed by atoms with E-state index in [1.54, 1.807) is 15.5 Å². The Balaban J connectivity index is 2.00. The Bertz CT molecular complexity index is 436. The van der Waals surface area contributed by atoms with Crippen molar-refractivity contribution in [3.05, 3.63) is 24.0 Å². The summed E-state index contributed by atoms with van der Waals surface area (Å²) < 4.78 is 1.79. The van der Waals surface area contributed by atoms with Crippen LogP contribution in [0.1, 0.15) is 30.3 Å². The molecule has 1 fully saturated rings. The Morgan fingerprint density at radius 3 is 2.82 bits per heavy atom. The van der Waals surface area contributed by atoms with Crippen LogP contribution in [0.4, 0.5) is 0 Å². The molecule has 92 valence electrons. The van der Waals surface area contributed by atoms with Crippen molar-refractivity contribution in [1.82, 2.24) is 9.47 Å². The predicted octanol–water partition coefficient (Wildman–Crippen LogP) is 1.47. The van der Waals surface area contributed by atoms with Gasteiger partial charge in [-0.05, 0) is 18.1 Å². The molecule has 0 aromatic carbocycles. The Morgan fingerprint density at radius 2 is 2.29 bits per heavy atom. The normalized spacial score (nSPS) is 20.0. The smallest absolute Gasteiger partial charge is 0.223 e. The summed E-state index contributed by atoms with van der Waals surface area (Å²) in [5.41, 5.74) is 0.665. The van der Waals surface area contributed by atoms with Crippen LogP contribution in [0.5, 0.6) is 0 Å². The van der Waals surface area contributed by atoms with Crippen molar-refractivity contribution in [3.8, 4) is 0 Å². The maximum atomic E-state index is 12.0. The molecule has 0 N–H and O–H groups in total. The molecule has 0 spiro atoms. The zero-order valence-electron chi connectivity index (χ0n) is 10.3. The van der Waals surface area contributed by atoms with E-state index in [1.165, 1.54) is 0 Å². The molecular formula is C13H18N2O2. The van der Waals surface area contributed by atoms with E-state index >= 15 is 0 Å². The number of aryl methyl sites for hydroxylation is 1. The molecular weight excluding hydrogens is 216 g/mol. The van der Waals surface area contributed by atoms with Crippen molar-refractivity contribution in [3.63, 3.8) is 0 Å². The van der Waals surface area contributed by atoms with E-state index in [-0.39, 0.29) is 18.2 Å². The minimum absolute atomic E-state index is 0.0163. The Morgan fingerprint density at radius 1 is 1.53 bits per heavy atom. The first kappa shape index (κ1) is 11.9. The summed E-state index contributed by atoms with van der Waals surface area (Å²) in [5, 5.41) is 0. The lowest BCUT2D eigenvalue weighted by Crippen LogP contribution is -2.32. The fraction of sp³-hybridized carbons (Fsp3) is 0.538. The number of rotatable bonds is 4. The minimum atomic E-state index is 0.0163. The number of hydrogen-bond donors (Lipinski definition) is 0. The lowest BCUT2D eigenvalue weighted by atomic mass is 10.1. The summed E-state index contributed by atoms with van der Waals surface area (Å²) in [6, 6.07) is 3.63. The third kappa shape index (κ3) is 2.40. The van der Waals surface area contributed by atoms with Crippen LogP contribution < -0.4 is 0 Å². The molecule has 4 nitrogen and oxygen atoms in total. The van der Waals surface area contributed by atoms with E-state index in [1.807, 2.05) is 19.3 Å². The first-order chi connectivity index (χ1) is 8.11. The largest absolute Gasteiger partial charge is 0.348 e. The number of Topliss-reactive ketones (excluding diaryl/α,β-unsaturated/α-hetero) is 1. The van der Waals surface area contributed by atoms with Crippen LogP contribution in [-0.4, -0.2) is 34.2 Å². The molecule has 1 saturated heterocycles. The minimum Gasteiger partial charge on any atom is -0.348 e. The van der Waals surface area contributed by atoms with Gasteiger partial charge in [0, 0.05) is 26.2 Å². The van der Waals surface area contributed by atoms with E-state index in [9.17, 15) is 9.59 Å². The van der Waals surface area contributed by atoms with Crippen LogP contribution in [0.15, 0.2) is 18.3 Å². The number of amides is 1. The summed E-state index contributed by atoms with van der Waals surface area (Å²) in [6.07, 6.45) is 3.44. The van der Waals surface area contributed by atoms with Gasteiger partial charge in [-0.1, -0.05) is 13.3 Å². The van der Waals surface area contributed by atoms with Crippen LogP contribution in [0, 0.1) is 5.92 Å². The molecule has 2 rings (SSSR count). The van der Waals surface area contributed by atoms with Gasteiger partial charge in [0.05, 0.1) is 12.2 Å². The molecule has 1 aliphatic heterocycles. The summed E-state index contributed by atoms with van der Waals surface area (Å²) in [6.45, 7) is 3.03. The second-order valence-electron chi connectivity index (χ2n) is 4.68. The molecule has 1 aromatic heterocycles. The molecule has 4 heteroatoms. The number of nitrogens with zero attached hydrogens (tertiary/aromatic N) is 2. The molecule has 0 radical (unpaired) electrons. The van der Waals surface area contributed by atoms with E-state index in [4.69, 9.17) is 0 Å². The number of carbonyl (C=O) groups excluding carboxylic acids is 2. The van der Waals surface area contributed by atoms with E-state index < -0.39 is 0 Å². The fourth-order valence-electron chi connectivity index (χ4n) is 2.29. The van der Waals surface area contributed by atoms with Gasteiger partial charge >= 0.3 is 0 Å². The number of likely N-dealkylation sites (tertiary alicyclic amines) is 1. The maximum absolute atomic E-state index is 12.0. The first-order valence-electron chi connectivity index (χ1n) is 6.04. The van der Waals surface area contributed by atoms with Crippen molar-refractivity contribution in [1.29, 1.82) is 0 Å². The van der Waals surface area contributed by atoms with Gasteiger partial charge in [0.1, 0.15) is 0 Å². The van der Waals surface area contributed by atoms with Gasteiger partial charge in [-0.15, -0.1) is 0 Å². The first-order valence-corrected chi connectivity index (χ1v) is 6.04. The van der Waals surface area contributed by atoms with Gasteiger partial charge in [-0.3, -0.25) is 9.59 Å². The third-order valence-electron chi connectivity index (χ3n) is 3.44. The van der Waals surface area contributed by atoms with E-state index in [2.05, 4.69) is 6.92 Å². The van der Waals surface area contributed by atoms with Crippen molar-refractivity contribution < 1.29 is 9.59 Å². The SMILES string of the molecule is CCC1CC(=O)N(CC(=O)c2cccn2C)C1. The topological polar surface area (TPSA) is 42.3 Å². The summed E-state index contributed by atoms with van der Waals surface area (Å²) in [5.74, 6) is 0.547. The summed E-state index contributed by atoms with van der Waals surface area (Å²) >= 11 is 0. The second kappa shape index (κ2) is 4.73. The second-order valence-corrected chi connectivity index (χ2v) is 4.68. The Labute approximate surface area is 101 Å². The van der Waals surface area contributed by atoms with Crippen LogP contribution in [0.3, 0.4) is 0 Å². The lowest BCUT2D eigenvalue weighted by molar-refractivity contribution is -0.127. The van der Waals surface area contributed by atoms with Crippen molar-refractivity contribution in [2.24, 2.45) is 13.0 Å². The standard InChI is InChI=1S/C13H18N2O2/c1-3-10-7-13(17)15(8-10)9-12(16)11-5-4-6-14(11)2/h4-6,10H,3,7-9H2,1-2H3. The lowest BCUT2D eigenvalue weighted by Gasteiger charge is -2.15. The predicted molar refractivity (Wildman–Crippen MR) is 64.7 cm³/mol. The number of carbonyl (C=O) groups is 2. The third-order valence-corrected chi connectivity index (χ3v) is 3.44. The molecule has 2 heterocycles. The van der Waals surface area contributed by atoms with Gasteiger partial charge < -0.3 is 9.47 Å². The molecule has 17 heavy (non-hydrogen) atoms. The Hall–Kier alpha value is -1.58. The average Bonchev–Trinajstić information content (AvgIpc) is 2.86. The van der Waals surface area contributed by atoms with Gasteiger partial charge in [0.15, 0.2) is 5.78 Å². The van der Waals surface area contributed by atoms with Crippen molar-refractivity contribution in [2.45, 2.75) is 19.8 Å². The average molecular weight is 234 g/mol. The van der Waals surface area contributed by atoms with Crippen LogP contribution >= 0.6 is 0 Å². The molecule has 1 atom stereocenters. The molecule has 0 bridgehead atoms. The molecule has 1 aromatic rings. The fourth-order valence-corrected chi connectivity index (χ4v) is 2.29. The van der Waals surface area contributed by atoms with E-state index in [0.717, 1.165) is 13.0 Å². The van der Waals surface area contributed by atoms with Crippen LogP contribution in [0.25, 0.3) is 0 Å².